The van der Waals surface area contributed by atoms with Crippen LogP contribution in [0.15, 0.2) is 21.5 Å². The summed E-state index contributed by atoms with van der Waals surface area (Å²) in [7, 11) is -3.79. The zero-order chi connectivity index (χ0) is 15.8. The van der Waals surface area contributed by atoms with Gasteiger partial charge in [-0.15, -0.1) is 0 Å². The summed E-state index contributed by atoms with van der Waals surface area (Å²) in [6, 6.07) is 1.92. The molecule has 9 heteroatoms. The zero-order valence-corrected chi connectivity index (χ0v) is 13.7. The van der Waals surface area contributed by atoms with Gasteiger partial charge in [-0.2, -0.15) is 4.31 Å². The van der Waals surface area contributed by atoms with Crippen molar-refractivity contribution in [2.45, 2.75) is 24.3 Å². The van der Waals surface area contributed by atoms with Gasteiger partial charge in [-0.3, -0.25) is 4.79 Å². The van der Waals surface area contributed by atoms with Crippen LogP contribution >= 0.6 is 15.9 Å². The molecule has 1 fully saturated rings. The maximum atomic E-state index is 13.3. The van der Waals surface area contributed by atoms with Crippen LogP contribution in [0.3, 0.4) is 0 Å². The highest BCUT2D eigenvalue weighted by atomic mass is 79.9. The minimum absolute atomic E-state index is 0.0788. The smallest absolute Gasteiger partial charge is 0.244 e. The van der Waals surface area contributed by atoms with Gasteiger partial charge in [-0.05, 0) is 34.5 Å². The van der Waals surface area contributed by atoms with E-state index >= 15 is 0 Å². The molecule has 0 aliphatic carbocycles. The van der Waals surface area contributed by atoms with Crippen LogP contribution < -0.4 is 11.1 Å². The SMILES string of the molecule is CC(=O)NC1CCN(S(=O)(=O)c2cc(N)c(F)cc2Br)C1. The van der Waals surface area contributed by atoms with Crippen molar-refractivity contribution in [1.29, 1.82) is 0 Å². The highest BCUT2D eigenvalue weighted by molar-refractivity contribution is 9.10. The van der Waals surface area contributed by atoms with Gasteiger partial charge in [0.2, 0.25) is 15.9 Å². The largest absolute Gasteiger partial charge is 0.396 e. The molecule has 1 aromatic rings. The molecule has 3 N–H and O–H groups in total. The molecule has 0 aromatic heterocycles. The van der Waals surface area contributed by atoms with Crippen molar-refractivity contribution >= 4 is 37.5 Å². The van der Waals surface area contributed by atoms with Gasteiger partial charge in [0, 0.05) is 30.5 Å². The van der Waals surface area contributed by atoms with Crippen LogP contribution in [0.2, 0.25) is 0 Å². The van der Waals surface area contributed by atoms with E-state index in [2.05, 4.69) is 21.2 Å². The highest BCUT2D eigenvalue weighted by Gasteiger charge is 2.34. The lowest BCUT2D eigenvalue weighted by atomic mass is 10.3. The number of nitrogens with zero attached hydrogens (tertiary/aromatic N) is 1. The maximum Gasteiger partial charge on any atom is 0.244 e. The number of rotatable bonds is 3. The lowest BCUT2D eigenvalue weighted by Gasteiger charge is -2.18. The van der Waals surface area contributed by atoms with Gasteiger partial charge in [-0.25, -0.2) is 12.8 Å². The summed E-state index contributed by atoms with van der Waals surface area (Å²) in [5.41, 5.74) is 5.21. The summed E-state index contributed by atoms with van der Waals surface area (Å²) in [5.74, 6) is -0.884. The number of halogens is 2. The van der Waals surface area contributed by atoms with Gasteiger partial charge in [0.15, 0.2) is 0 Å². The molecule has 6 nitrogen and oxygen atoms in total. The average molecular weight is 380 g/mol. The molecule has 0 saturated carbocycles. The minimum atomic E-state index is -3.79. The molecule has 116 valence electrons. The zero-order valence-electron chi connectivity index (χ0n) is 11.3. The number of hydrogen-bond donors (Lipinski definition) is 2. The fraction of sp³-hybridized carbons (Fsp3) is 0.417. The van der Waals surface area contributed by atoms with E-state index in [1.165, 1.54) is 11.2 Å². The molecule has 0 radical (unpaired) electrons. The lowest BCUT2D eigenvalue weighted by Crippen LogP contribution is -2.37. The molecular weight excluding hydrogens is 365 g/mol. The predicted molar refractivity (Wildman–Crippen MR) is 79.5 cm³/mol. The van der Waals surface area contributed by atoms with Crippen molar-refractivity contribution in [3.8, 4) is 0 Å². The van der Waals surface area contributed by atoms with Crippen molar-refractivity contribution in [2.24, 2.45) is 0 Å². The molecule has 2 rings (SSSR count). The Bertz CT molecular complexity index is 681. The van der Waals surface area contributed by atoms with Gasteiger partial charge in [-0.1, -0.05) is 0 Å². The Morgan fingerprint density at radius 1 is 1.52 bits per heavy atom. The Balaban J connectivity index is 2.28. The second kappa shape index (κ2) is 5.90. The number of benzene rings is 1. The maximum absolute atomic E-state index is 13.3. The van der Waals surface area contributed by atoms with Crippen molar-refractivity contribution < 1.29 is 17.6 Å². The number of carbonyl (C=O) groups excluding carboxylic acids is 1. The van der Waals surface area contributed by atoms with E-state index in [4.69, 9.17) is 5.73 Å². The Labute approximate surface area is 130 Å². The summed E-state index contributed by atoms with van der Waals surface area (Å²) in [5, 5.41) is 2.69. The molecule has 0 spiro atoms. The average Bonchev–Trinajstić information content (AvgIpc) is 2.81. The van der Waals surface area contributed by atoms with Crippen molar-refractivity contribution in [3.63, 3.8) is 0 Å². The van der Waals surface area contributed by atoms with Crippen molar-refractivity contribution in [2.75, 3.05) is 18.8 Å². The Morgan fingerprint density at radius 3 is 2.81 bits per heavy atom. The number of amides is 1. The first kappa shape index (κ1) is 16.2. The first-order valence-electron chi connectivity index (χ1n) is 6.23. The van der Waals surface area contributed by atoms with E-state index < -0.39 is 15.8 Å². The molecule has 1 aromatic carbocycles. The minimum Gasteiger partial charge on any atom is -0.396 e. The molecule has 21 heavy (non-hydrogen) atoms. The standard InChI is InChI=1S/C12H15BrFN3O3S/c1-7(18)16-8-2-3-17(6-8)21(19,20)12-5-11(15)10(14)4-9(12)13/h4-5,8H,2-3,6,15H2,1H3,(H,16,18). The van der Waals surface area contributed by atoms with E-state index in [9.17, 15) is 17.6 Å². The van der Waals surface area contributed by atoms with E-state index in [1.54, 1.807) is 0 Å². The van der Waals surface area contributed by atoms with Gasteiger partial charge in [0.05, 0.1) is 10.6 Å². The van der Waals surface area contributed by atoms with E-state index in [0.717, 1.165) is 12.1 Å². The third-order valence-corrected chi connectivity index (χ3v) is 6.05. The molecular formula is C12H15BrFN3O3S. The Kier molecular flexibility index (Phi) is 4.54. The first-order valence-corrected chi connectivity index (χ1v) is 8.47. The predicted octanol–water partition coefficient (Wildman–Crippen LogP) is 1.07. The van der Waals surface area contributed by atoms with Crippen LogP contribution in [0.4, 0.5) is 10.1 Å². The third-order valence-electron chi connectivity index (χ3n) is 3.23. The second-order valence-corrected chi connectivity index (χ2v) is 7.61. The summed E-state index contributed by atoms with van der Waals surface area (Å²) in [6.07, 6.45) is 0.535. The fourth-order valence-corrected chi connectivity index (χ4v) is 4.74. The summed E-state index contributed by atoms with van der Waals surface area (Å²) >= 11 is 3.05. The van der Waals surface area contributed by atoms with Crippen LogP contribution in [0, 0.1) is 5.82 Å². The number of nitrogens with one attached hydrogen (secondary N) is 1. The number of nitrogen functional groups attached to an aromatic ring is 1. The first-order chi connectivity index (χ1) is 9.71. The highest BCUT2D eigenvalue weighted by Crippen LogP contribution is 2.30. The number of hydrogen-bond acceptors (Lipinski definition) is 4. The molecule has 1 atom stereocenters. The normalized spacial score (nSPS) is 19.7. The van der Waals surface area contributed by atoms with Crippen LogP contribution in [0.1, 0.15) is 13.3 Å². The Hall–Kier alpha value is -1.19. The van der Waals surface area contributed by atoms with Crippen molar-refractivity contribution in [1.82, 2.24) is 9.62 Å². The van der Waals surface area contributed by atoms with Crippen LogP contribution in [0.5, 0.6) is 0 Å². The molecule has 1 saturated heterocycles. The van der Waals surface area contributed by atoms with E-state index in [0.29, 0.717) is 6.42 Å². The molecule has 1 aliphatic rings. The van der Waals surface area contributed by atoms with Gasteiger partial charge < -0.3 is 11.1 Å². The molecule has 1 heterocycles. The fourth-order valence-electron chi connectivity index (χ4n) is 2.23. The number of carbonyl (C=O) groups is 1. The summed E-state index contributed by atoms with van der Waals surface area (Å²) < 4.78 is 39.8. The lowest BCUT2D eigenvalue weighted by molar-refractivity contribution is -0.119. The molecule has 0 bridgehead atoms. The number of sulfonamides is 1. The van der Waals surface area contributed by atoms with Crippen molar-refractivity contribution in [3.05, 3.63) is 22.4 Å². The van der Waals surface area contributed by atoms with Crippen LogP contribution in [-0.4, -0.2) is 37.8 Å². The number of nitrogens with two attached hydrogens (primary N) is 1. The number of anilines is 1. The topological polar surface area (TPSA) is 92.5 Å². The summed E-state index contributed by atoms with van der Waals surface area (Å²) in [6.45, 7) is 1.86. The van der Waals surface area contributed by atoms with Gasteiger partial charge >= 0.3 is 0 Å². The summed E-state index contributed by atoms with van der Waals surface area (Å²) in [4.78, 5) is 10.9. The van der Waals surface area contributed by atoms with Crippen LogP contribution in [-0.2, 0) is 14.8 Å². The quantitative estimate of drug-likeness (QED) is 0.768. The van der Waals surface area contributed by atoms with E-state index in [1.807, 2.05) is 0 Å². The molecule has 1 unspecified atom stereocenters. The molecule has 1 aliphatic heterocycles. The molecule has 1 amide bonds. The second-order valence-electron chi connectivity index (χ2n) is 4.85. The third kappa shape index (κ3) is 3.35. The monoisotopic (exact) mass is 379 g/mol. The van der Waals surface area contributed by atoms with Crippen LogP contribution in [0.25, 0.3) is 0 Å². The Morgan fingerprint density at radius 2 is 2.19 bits per heavy atom. The van der Waals surface area contributed by atoms with Gasteiger partial charge in [0.25, 0.3) is 0 Å². The van der Waals surface area contributed by atoms with Gasteiger partial charge in [0.1, 0.15) is 5.82 Å². The van der Waals surface area contributed by atoms with E-state index in [-0.39, 0.29) is 40.1 Å².